The van der Waals surface area contributed by atoms with Gasteiger partial charge in [0.05, 0.1) is 27.5 Å². The first-order chi connectivity index (χ1) is 8.93. The molecule has 19 heavy (non-hydrogen) atoms. The van der Waals surface area contributed by atoms with Gasteiger partial charge in [-0.25, -0.2) is 0 Å². The summed E-state index contributed by atoms with van der Waals surface area (Å²) in [5.41, 5.74) is 1.41. The fourth-order valence-electron chi connectivity index (χ4n) is 1.94. The van der Waals surface area contributed by atoms with Crippen molar-refractivity contribution in [3.63, 3.8) is 0 Å². The third-order valence-corrected chi connectivity index (χ3v) is 3.95. The van der Waals surface area contributed by atoms with Gasteiger partial charge < -0.3 is 5.11 Å². The molecule has 0 fully saturated rings. The average Bonchev–Trinajstić information content (AvgIpc) is 2.93. The molecule has 0 aliphatic carbocycles. The summed E-state index contributed by atoms with van der Waals surface area (Å²) >= 11 is 7.36. The molecule has 7 heteroatoms. The monoisotopic (exact) mass is 300 g/mol. The van der Waals surface area contributed by atoms with Gasteiger partial charge in [0.25, 0.3) is 0 Å². The molecule has 2 rings (SSSR count). The zero-order valence-electron chi connectivity index (χ0n) is 11.3. The van der Waals surface area contributed by atoms with Gasteiger partial charge in [0, 0.05) is 6.04 Å². The Labute approximate surface area is 121 Å². The SMILES string of the molecule is CC(C)c1nnsc1C(O)c1c(Cl)cnn1C(C)C. The molecule has 0 aliphatic rings. The van der Waals surface area contributed by atoms with E-state index >= 15 is 0 Å². The third kappa shape index (κ3) is 2.66. The van der Waals surface area contributed by atoms with Crippen LogP contribution in [0.25, 0.3) is 0 Å². The van der Waals surface area contributed by atoms with Crippen molar-refractivity contribution in [1.29, 1.82) is 0 Å². The zero-order chi connectivity index (χ0) is 14.2. The number of aliphatic hydroxyl groups is 1. The molecule has 0 radical (unpaired) electrons. The molecule has 0 bridgehead atoms. The van der Waals surface area contributed by atoms with E-state index in [1.54, 1.807) is 10.9 Å². The van der Waals surface area contributed by atoms with E-state index in [9.17, 15) is 5.11 Å². The molecule has 0 spiro atoms. The van der Waals surface area contributed by atoms with Crippen molar-refractivity contribution in [2.24, 2.45) is 0 Å². The predicted octanol–water partition coefficient (Wildman–Crippen LogP) is 3.17. The van der Waals surface area contributed by atoms with E-state index in [0.717, 1.165) is 10.6 Å². The number of hydrogen-bond donors (Lipinski definition) is 1. The van der Waals surface area contributed by atoms with Gasteiger partial charge >= 0.3 is 0 Å². The van der Waals surface area contributed by atoms with Gasteiger partial charge in [-0.05, 0) is 31.3 Å². The Morgan fingerprint density at radius 3 is 2.58 bits per heavy atom. The normalized spacial score (nSPS) is 13.5. The van der Waals surface area contributed by atoms with Crippen molar-refractivity contribution in [1.82, 2.24) is 19.4 Å². The van der Waals surface area contributed by atoms with Crippen LogP contribution in [0, 0.1) is 0 Å². The lowest BCUT2D eigenvalue weighted by atomic mass is 10.1. The highest BCUT2D eigenvalue weighted by Gasteiger charge is 2.26. The van der Waals surface area contributed by atoms with Gasteiger partial charge in [-0.2, -0.15) is 5.10 Å². The molecule has 1 unspecified atom stereocenters. The van der Waals surface area contributed by atoms with E-state index in [1.807, 2.05) is 27.7 Å². The Bertz CT molecular complexity index is 564. The molecule has 0 saturated heterocycles. The second-order valence-corrected chi connectivity index (χ2v) is 6.19. The summed E-state index contributed by atoms with van der Waals surface area (Å²) in [4.78, 5) is 0.735. The van der Waals surface area contributed by atoms with Crippen LogP contribution in [0.1, 0.15) is 62.0 Å². The smallest absolute Gasteiger partial charge is 0.135 e. The average molecular weight is 301 g/mol. The van der Waals surface area contributed by atoms with E-state index in [0.29, 0.717) is 10.7 Å². The lowest BCUT2D eigenvalue weighted by Gasteiger charge is -2.16. The molecule has 0 aliphatic heterocycles. The summed E-state index contributed by atoms with van der Waals surface area (Å²) in [6, 6.07) is 0.125. The number of hydrogen-bond acceptors (Lipinski definition) is 5. The first-order valence-corrected chi connectivity index (χ1v) is 7.31. The maximum absolute atomic E-state index is 10.6. The number of halogens is 1. The van der Waals surface area contributed by atoms with Crippen LogP contribution in [0.2, 0.25) is 5.02 Å². The van der Waals surface area contributed by atoms with Crippen LogP contribution in [0.4, 0.5) is 0 Å². The van der Waals surface area contributed by atoms with Crippen molar-refractivity contribution in [2.75, 3.05) is 0 Å². The Hall–Kier alpha value is -0.980. The second kappa shape index (κ2) is 5.56. The summed E-state index contributed by atoms with van der Waals surface area (Å²) in [6.45, 7) is 8.03. The highest BCUT2D eigenvalue weighted by Crippen LogP contribution is 2.34. The highest BCUT2D eigenvalue weighted by atomic mass is 35.5. The van der Waals surface area contributed by atoms with Crippen LogP contribution in [0.5, 0.6) is 0 Å². The summed E-state index contributed by atoms with van der Waals surface area (Å²) in [5, 5.41) is 19.4. The minimum Gasteiger partial charge on any atom is -0.381 e. The standard InChI is InChI=1S/C12H17ClN4OS/c1-6(2)9-12(19-16-15-9)11(18)10-8(13)5-14-17(10)7(3)4/h5-7,11,18H,1-4H3. The Balaban J connectivity index is 2.47. The van der Waals surface area contributed by atoms with E-state index in [-0.39, 0.29) is 12.0 Å². The quantitative estimate of drug-likeness (QED) is 0.942. The number of aliphatic hydroxyl groups excluding tert-OH is 1. The fourth-order valence-corrected chi connectivity index (χ4v) is 2.97. The first kappa shape index (κ1) is 14.4. The molecule has 2 aromatic rings. The van der Waals surface area contributed by atoms with Crippen LogP contribution in [-0.2, 0) is 0 Å². The highest BCUT2D eigenvalue weighted by molar-refractivity contribution is 7.05. The van der Waals surface area contributed by atoms with Crippen LogP contribution < -0.4 is 0 Å². The van der Waals surface area contributed by atoms with Gasteiger partial charge in [-0.15, -0.1) is 5.10 Å². The first-order valence-electron chi connectivity index (χ1n) is 6.16. The third-order valence-electron chi connectivity index (χ3n) is 2.87. The summed E-state index contributed by atoms with van der Waals surface area (Å²) in [5.74, 6) is 0.206. The Morgan fingerprint density at radius 1 is 1.32 bits per heavy atom. The van der Waals surface area contributed by atoms with E-state index < -0.39 is 6.10 Å². The predicted molar refractivity (Wildman–Crippen MR) is 75.7 cm³/mol. The molecule has 5 nitrogen and oxygen atoms in total. The molecular formula is C12H17ClN4OS. The second-order valence-electron chi connectivity index (χ2n) is 5.00. The van der Waals surface area contributed by atoms with Crippen molar-refractivity contribution in [3.05, 3.63) is 27.5 Å². The van der Waals surface area contributed by atoms with Gasteiger partial charge in [-0.1, -0.05) is 29.9 Å². The van der Waals surface area contributed by atoms with Crippen molar-refractivity contribution in [3.8, 4) is 0 Å². The lowest BCUT2D eigenvalue weighted by Crippen LogP contribution is -2.13. The largest absolute Gasteiger partial charge is 0.381 e. The van der Waals surface area contributed by atoms with E-state index in [1.165, 1.54) is 11.5 Å². The minimum absolute atomic E-state index is 0.125. The fraction of sp³-hybridized carbons (Fsp3) is 0.583. The molecule has 1 N–H and O–H groups in total. The molecule has 0 aromatic carbocycles. The summed E-state index contributed by atoms with van der Waals surface area (Å²) < 4.78 is 5.67. The number of aromatic nitrogens is 4. The van der Waals surface area contributed by atoms with Crippen LogP contribution in [0.3, 0.4) is 0 Å². The molecular weight excluding hydrogens is 284 g/mol. The maximum atomic E-state index is 10.6. The molecule has 1 atom stereocenters. The van der Waals surface area contributed by atoms with E-state index in [4.69, 9.17) is 11.6 Å². The van der Waals surface area contributed by atoms with Crippen molar-refractivity contribution in [2.45, 2.75) is 45.8 Å². The van der Waals surface area contributed by atoms with Gasteiger partial charge in [-0.3, -0.25) is 4.68 Å². The lowest BCUT2D eigenvalue weighted by molar-refractivity contribution is 0.207. The zero-order valence-corrected chi connectivity index (χ0v) is 12.9. The van der Waals surface area contributed by atoms with Crippen molar-refractivity contribution < 1.29 is 5.11 Å². The summed E-state index contributed by atoms with van der Waals surface area (Å²) in [6.07, 6.45) is 0.721. The van der Waals surface area contributed by atoms with E-state index in [2.05, 4.69) is 14.7 Å². The molecule has 104 valence electrons. The van der Waals surface area contributed by atoms with Crippen LogP contribution in [0.15, 0.2) is 6.20 Å². The number of rotatable bonds is 4. The van der Waals surface area contributed by atoms with Gasteiger partial charge in [0.2, 0.25) is 0 Å². The van der Waals surface area contributed by atoms with Crippen LogP contribution in [-0.4, -0.2) is 24.5 Å². The molecule has 2 aromatic heterocycles. The van der Waals surface area contributed by atoms with Crippen LogP contribution >= 0.6 is 23.1 Å². The topological polar surface area (TPSA) is 63.8 Å². The Kier molecular flexibility index (Phi) is 4.23. The number of nitrogens with zero attached hydrogens (tertiary/aromatic N) is 4. The minimum atomic E-state index is -0.838. The maximum Gasteiger partial charge on any atom is 0.135 e. The summed E-state index contributed by atoms with van der Waals surface area (Å²) in [7, 11) is 0. The van der Waals surface area contributed by atoms with Gasteiger partial charge in [0.1, 0.15) is 6.10 Å². The molecule has 0 amide bonds. The van der Waals surface area contributed by atoms with Crippen molar-refractivity contribution >= 4 is 23.1 Å². The molecule has 0 saturated carbocycles. The molecule has 2 heterocycles. The Morgan fingerprint density at radius 2 is 2.00 bits per heavy atom. The van der Waals surface area contributed by atoms with Gasteiger partial charge in [0.15, 0.2) is 0 Å².